The Hall–Kier alpha value is -3.04. The van der Waals surface area contributed by atoms with E-state index in [1.165, 1.54) is 4.88 Å². The third kappa shape index (κ3) is 5.01. The number of thiophene rings is 1. The average Bonchev–Trinajstić information content (AvgIpc) is 3.49. The van der Waals surface area contributed by atoms with E-state index in [2.05, 4.69) is 10.2 Å². The monoisotopic (exact) mass is 494 g/mol. The zero-order chi connectivity index (χ0) is 24.4. The number of esters is 1. The van der Waals surface area contributed by atoms with Gasteiger partial charge >= 0.3 is 5.97 Å². The number of nitrogens with zero attached hydrogens (tertiary/aromatic N) is 3. The fraction of sp³-hybridized carbons (Fsp3) is 0.462. The third-order valence-electron chi connectivity index (χ3n) is 6.70. The molecule has 0 atom stereocenters. The van der Waals surface area contributed by atoms with Gasteiger partial charge in [-0.25, -0.2) is 9.78 Å². The summed E-state index contributed by atoms with van der Waals surface area (Å²) in [7, 11) is 0. The van der Waals surface area contributed by atoms with Crippen LogP contribution in [0.15, 0.2) is 29.1 Å². The lowest BCUT2D eigenvalue weighted by Crippen LogP contribution is -2.33. The van der Waals surface area contributed by atoms with Gasteiger partial charge in [0.05, 0.1) is 24.1 Å². The quantitative estimate of drug-likeness (QED) is 0.503. The van der Waals surface area contributed by atoms with Crippen molar-refractivity contribution in [1.82, 2.24) is 14.5 Å². The minimum absolute atomic E-state index is 0.102. The summed E-state index contributed by atoms with van der Waals surface area (Å²) in [6.07, 6.45) is 6.41. The van der Waals surface area contributed by atoms with Crippen molar-refractivity contribution >= 4 is 39.1 Å². The van der Waals surface area contributed by atoms with Gasteiger partial charge in [0.2, 0.25) is 5.91 Å². The van der Waals surface area contributed by atoms with E-state index in [-0.39, 0.29) is 18.0 Å². The van der Waals surface area contributed by atoms with E-state index in [1.54, 1.807) is 47.1 Å². The predicted molar refractivity (Wildman–Crippen MR) is 136 cm³/mol. The molecule has 1 aliphatic heterocycles. The van der Waals surface area contributed by atoms with Crippen LogP contribution in [-0.2, 0) is 35.5 Å². The molecule has 0 saturated carbocycles. The maximum absolute atomic E-state index is 13.7. The van der Waals surface area contributed by atoms with Crippen LogP contribution in [0.3, 0.4) is 0 Å². The summed E-state index contributed by atoms with van der Waals surface area (Å²) in [5, 5.41) is 3.55. The fourth-order valence-electron chi connectivity index (χ4n) is 4.95. The number of nitrogens with one attached hydrogen (secondary N) is 1. The number of aromatic nitrogens is 2. The number of aryl methyl sites for hydroxylation is 2. The van der Waals surface area contributed by atoms with Gasteiger partial charge in [-0.2, -0.15) is 0 Å². The summed E-state index contributed by atoms with van der Waals surface area (Å²) < 4.78 is 6.56. The number of amides is 1. The van der Waals surface area contributed by atoms with Gasteiger partial charge in [-0.15, -0.1) is 11.3 Å². The van der Waals surface area contributed by atoms with Gasteiger partial charge in [-0.3, -0.25) is 19.1 Å². The molecule has 8 nitrogen and oxygen atoms in total. The zero-order valence-corrected chi connectivity index (χ0v) is 20.8. The minimum Gasteiger partial charge on any atom is -0.462 e. The van der Waals surface area contributed by atoms with Crippen LogP contribution < -0.4 is 10.9 Å². The van der Waals surface area contributed by atoms with Crippen LogP contribution in [0.1, 0.15) is 59.2 Å². The van der Waals surface area contributed by atoms with E-state index >= 15 is 0 Å². The first-order chi connectivity index (χ1) is 17.0. The SMILES string of the molecule is CCOC(=O)c1ccc(NC(=O)Cn2c(CN3CCCC3)nc3sc4c(c3c2=O)CCCC4)cc1. The standard InChI is InChI=1S/C26H30N4O4S/c1-2-34-26(33)17-9-11-18(12-10-17)27-22(31)16-30-21(15-29-13-5-6-14-29)28-24-23(25(30)32)19-7-3-4-8-20(19)35-24/h9-12H,2-8,13-16H2,1H3,(H,27,31). The molecule has 3 heterocycles. The molecule has 1 aliphatic carbocycles. The van der Waals surface area contributed by atoms with Crippen LogP contribution in [0.25, 0.3) is 10.2 Å². The molecule has 0 unspecified atom stereocenters. The first kappa shape index (κ1) is 23.7. The lowest BCUT2D eigenvalue weighted by molar-refractivity contribution is -0.116. The Morgan fingerprint density at radius 1 is 1.09 bits per heavy atom. The lowest BCUT2D eigenvalue weighted by Gasteiger charge is -2.18. The second-order valence-electron chi connectivity index (χ2n) is 9.14. The second kappa shape index (κ2) is 10.3. The van der Waals surface area contributed by atoms with Gasteiger partial charge in [0.25, 0.3) is 5.56 Å². The molecule has 0 radical (unpaired) electrons. The smallest absolute Gasteiger partial charge is 0.338 e. The van der Waals surface area contributed by atoms with Crippen molar-refractivity contribution in [3.05, 3.63) is 56.4 Å². The summed E-state index contributed by atoms with van der Waals surface area (Å²) in [6.45, 7) is 4.48. The van der Waals surface area contributed by atoms with Crippen LogP contribution in [0.5, 0.6) is 0 Å². The van der Waals surface area contributed by atoms with Gasteiger partial charge in [0, 0.05) is 10.6 Å². The highest BCUT2D eigenvalue weighted by Crippen LogP contribution is 2.34. The summed E-state index contributed by atoms with van der Waals surface area (Å²) in [6, 6.07) is 6.55. The van der Waals surface area contributed by atoms with Gasteiger partial charge in [-0.1, -0.05) is 0 Å². The van der Waals surface area contributed by atoms with Crippen molar-refractivity contribution in [2.75, 3.05) is 25.0 Å². The highest BCUT2D eigenvalue weighted by atomic mass is 32.1. The van der Waals surface area contributed by atoms with Crippen LogP contribution in [-0.4, -0.2) is 46.0 Å². The van der Waals surface area contributed by atoms with Crippen molar-refractivity contribution in [3.63, 3.8) is 0 Å². The molecule has 0 spiro atoms. The number of carbonyl (C=O) groups excluding carboxylic acids is 2. The van der Waals surface area contributed by atoms with Crippen molar-refractivity contribution in [2.45, 2.75) is 58.5 Å². The largest absolute Gasteiger partial charge is 0.462 e. The molecular weight excluding hydrogens is 464 g/mol. The lowest BCUT2D eigenvalue weighted by atomic mass is 9.97. The highest BCUT2D eigenvalue weighted by Gasteiger charge is 2.24. The van der Waals surface area contributed by atoms with Gasteiger partial charge in [0.1, 0.15) is 17.2 Å². The van der Waals surface area contributed by atoms with Crippen LogP contribution >= 0.6 is 11.3 Å². The highest BCUT2D eigenvalue weighted by molar-refractivity contribution is 7.18. The van der Waals surface area contributed by atoms with Crippen LogP contribution in [0.2, 0.25) is 0 Å². The molecule has 1 saturated heterocycles. The summed E-state index contributed by atoms with van der Waals surface area (Å²) in [5.41, 5.74) is 1.99. The zero-order valence-electron chi connectivity index (χ0n) is 20.0. The van der Waals surface area contributed by atoms with Crippen molar-refractivity contribution in [2.24, 2.45) is 0 Å². The minimum atomic E-state index is -0.401. The maximum atomic E-state index is 13.7. The Morgan fingerprint density at radius 3 is 2.57 bits per heavy atom. The predicted octanol–water partition coefficient (Wildman–Crippen LogP) is 3.75. The Morgan fingerprint density at radius 2 is 1.83 bits per heavy atom. The molecule has 3 aromatic rings. The molecule has 1 amide bonds. The maximum Gasteiger partial charge on any atom is 0.338 e. The molecule has 0 bridgehead atoms. The number of hydrogen-bond acceptors (Lipinski definition) is 7. The number of anilines is 1. The van der Waals surface area contributed by atoms with E-state index in [1.807, 2.05) is 0 Å². The van der Waals surface area contributed by atoms with Gasteiger partial charge < -0.3 is 10.1 Å². The molecule has 2 aromatic heterocycles. The van der Waals surface area contributed by atoms with Crippen LogP contribution in [0, 0.1) is 0 Å². The molecule has 9 heteroatoms. The first-order valence-corrected chi connectivity index (χ1v) is 13.2. The third-order valence-corrected chi connectivity index (χ3v) is 7.88. The molecule has 35 heavy (non-hydrogen) atoms. The number of ether oxygens (including phenoxy) is 1. The van der Waals surface area contributed by atoms with E-state index in [0.717, 1.165) is 62.0 Å². The molecule has 2 aliphatic rings. The molecule has 1 N–H and O–H groups in total. The number of benzene rings is 1. The number of likely N-dealkylation sites (tertiary alicyclic amines) is 1. The summed E-state index contributed by atoms with van der Waals surface area (Å²) in [5.74, 6) is -0.0540. The topological polar surface area (TPSA) is 93.5 Å². The molecule has 5 rings (SSSR count). The van der Waals surface area contributed by atoms with Crippen molar-refractivity contribution < 1.29 is 14.3 Å². The number of hydrogen-bond donors (Lipinski definition) is 1. The van der Waals surface area contributed by atoms with E-state index in [9.17, 15) is 14.4 Å². The Kier molecular flexibility index (Phi) is 6.97. The van der Waals surface area contributed by atoms with E-state index < -0.39 is 5.97 Å². The number of fused-ring (bicyclic) bond motifs is 3. The van der Waals surface area contributed by atoms with Crippen molar-refractivity contribution in [3.8, 4) is 0 Å². The summed E-state index contributed by atoms with van der Waals surface area (Å²) >= 11 is 1.64. The molecule has 184 valence electrons. The van der Waals surface area contributed by atoms with E-state index in [4.69, 9.17) is 9.72 Å². The number of carbonyl (C=O) groups is 2. The van der Waals surface area contributed by atoms with Gasteiger partial charge in [-0.05, 0) is 88.4 Å². The molecule has 1 aromatic carbocycles. The Balaban J connectivity index is 1.42. The molecular formula is C26H30N4O4S. The average molecular weight is 495 g/mol. The van der Waals surface area contributed by atoms with Crippen molar-refractivity contribution in [1.29, 1.82) is 0 Å². The van der Waals surface area contributed by atoms with E-state index in [0.29, 0.717) is 35.6 Å². The first-order valence-electron chi connectivity index (χ1n) is 12.4. The van der Waals surface area contributed by atoms with Gasteiger partial charge in [0.15, 0.2) is 0 Å². The molecule has 1 fully saturated rings. The Bertz CT molecular complexity index is 1310. The fourth-order valence-corrected chi connectivity index (χ4v) is 6.22. The van der Waals surface area contributed by atoms with Crippen LogP contribution in [0.4, 0.5) is 5.69 Å². The number of rotatable bonds is 7. The second-order valence-corrected chi connectivity index (χ2v) is 10.2. The Labute approximate surface area is 207 Å². The normalized spacial score (nSPS) is 15.8. The summed E-state index contributed by atoms with van der Waals surface area (Å²) in [4.78, 5) is 47.9.